The summed E-state index contributed by atoms with van der Waals surface area (Å²) >= 11 is 2.22. The molecule has 2 heterocycles. The molecule has 6 N–H and O–H groups in total. The fourth-order valence-corrected chi connectivity index (χ4v) is 10.1. The molecule has 2 aromatic heterocycles. The zero-order valence-corrected chi connectivity index (χ0v) is 45.2. The third-order valence-corrected chi connectivity index (χ3v) is 13.5. The first kappa shape index (κ1) is 57.0. The van der Waals surface area contributed by atoms with E-state index >= 15 is 0 Å². The molecule has 22 heteroatoms. The van der Waals surface area contributed by atoms with Gasteiger partial charge in [0.05, 0.1) is 25.0 Å². The Hall–Kier alpha value is -8.76. The van der Waals surface area contributed by atoms with Crippen molar-refractivity contribution in [3.05, 3.63) is 152 Å². The number of amides is 4. The van der Waals surface area contributed by atoms with E-state index in [1.165, 1.54) is 97.1 Å². The van der Waals surface area contributed by atoms with Crippen LogP contribution in [0.5, 0.6) is 23.0 Å². The Morgan fingerprint density at radius 1 is 0.513 bits per heavy atom. The molecule has 408 valence electrons. The molecular formula is C56H56N4O16S2. The fraction of sp³-hybridized carbons (Fsp3) is 0.286. The van der Waals surface area contributed by atoms with E-state index in [1.54, 1.807) is 78.3 Å². The molecule has 0 spiro atoms. The maximum absolute atomic E-state index is 14.8. The lowest BCUT2D eigenvalue weighted by Gasteiger charge is -2.64. The van der Waals surface area contributed by atoms with Crippen molar-refractivity contribution in [1.29, 1.82) is 0 Å². The number of carbonyl (C=O) groups excluding carboxylic acids is 6. The van der Waals surface area contributed by atoms with E-state index in [1.807, 2.05) is 0 Å². The first-order valence-electron chi connectivity index (χ1n) is 24.3. The predicted molar refractivity (Wildman–Crippen MR) is 288 cm³/mol. The molecule has 1 aliphatic carbocycles. The van der Waals surface area contributed by atoms with Gasteiger partial charge in [0.25, 0.3) is 11.8 Å². The van der Waals surface area contributed by atoms with Crippen LogP contribution in [-0.4, -0.2) is 93.6 Å². The molecule has 20 nitrogen and oxygen atoms in total. The molecule has 78 heavy (non-hydrogen) atoms. The van der Waals surface area contributed by atoms with Crippen LogP contribution in [0.1, 0.15) is 118 Å². The molecule has 0 radical (unpaired) electrons. The first-order chi connectivity index (χ1) is 36.9. The summed E-state index contributed by atoms with van der Waals surface area (Å²) in [4.78, 5) is 111. The van der Waals surface area contributed by atoms with Gasteiger partial charge >= 0.3 is 36.1 Å². The Balaban J connectivity index is 1.42. The van der Waals surface area contributed by atoms with Gasteiger partial charge in [-0.1, -0.05) is 24.3 Å². The number of anilines is 2. The normalized spacial score (nSPS) is 17.7. The van der Waals surface area contributed by atoms with E-state index in [4.69, 9.17) is 28.4 Å². The quantitative estimate of drug-likeness (QED) is 0.0345. The summed E-state index contributed by atoms with van der Waals surface area (Å²) in [5, 5.41) is 37.6. The number of rotatable bonds is 18. The van der Waals surface area contributed by atoms with Crippen molar-refractivity contribution in [3.8, 4) is 23.0 Å². The largest absolute Gasteiger partial charge is 0.490 e. The van der Waals surface area contributed by atoms with Crippen LogP contribution in [-0.2, 0) is 19.1 Å². The highest BCUT2D eigenvalue weighted by Gasteiger charge is 2.80. The molecule has 0 aliphatic heterocycles. The molecule has 0 atom stereocenters. The van der Waals surface area contributed by atoms with Gasteiger partial charge < -0.3 is 49.3 Å². The third kappa shape index (κ3) is 12.6. The summed E-state index contributed by atoms with van der Waals surface area (Å²) in [6.45, 7) is 13.3. The molecular weight excluding hydrogens is 1050 g/mol. The van der Waals surface area contributed by atoms with Crippen LogP contribution < -0.4 is 40.2 Å². The maximum atomic E-state index is 14.8. The minimum Gasteiger partial charge on any atom is -0.490 e. The summed E-state index contributed by atoms with van der Waals surface area (Å²) in [6, 6.07) is 24.7. The molecule has 0 saturated heterocycles. The standard InChI is InChI=1S/C56H56N4O16S2/c1-9-71-39-29-33(19-25-37(39)73-47(63)41-13-11-27-77-41)43-55(49(65)66,59-45(61)31-15-21-35(22-16-31)57-51(69)75-53(3,4)5)44(34-20-26-38(40(30-34)72-10-2)74-48(64)42-14-12-28-78-42)56(43,50(67)68)60-46(62)32-17-23-36(24-18-32)58-52(70)76-54(6,7)8/h11-30,43-44H,9-10H2,1-8H3,(H,57,69)(H,58,70)(H,59,61)(H,60,62)(H,65,66)(H,67,68). The van der Waals surface area contributed by atoms with E-state index in [2.05, 4.69) is 21.3 Å². The van der Waals surface area contributed by atoms with Crippen molar-refractivity contribution >= 4 is 81.9 Å². The Bertz CT molecular complexity index is 3000. The molecule has 0 bridgehead atoms. The molecule has 6 aromatic rings. The average Bonchev–Trinajstić information content (AvgIpc) is 1.90. The number of aliphatic carboxylic acids is 2. The number of carboxylic acids is 2. The number of ether oxygens (including phenoxy) is 6. The van der Waals surface area contributed by atoms with Crippen LogP contribution in [0.4, 0.5) is 21.0 Å². The van der Waals surface area contributed by atoms with Crippen molar-refractivity contribution in [2.75, 3.05) is 23.8 Å². The van der Waals surface area contributed by atoms with Crippen LogP contribution in [0.25, 0.3) is 0 Å². The zero-order chi connectivity index (χ0) is 56.7. The molecule has 4 amide bonds. The van der Waals surface area contributed by atoms with Crippen molar-refractivity contribution in [1.82, 2.24) is 10.6 Å². The monoisotopic (exact) mass is 1100 g/mol. The van der Waals surface area contributed by atoms with Crippen molar-refractivity contribution in [3.63, 3.8) is 0 Å². The van der Waals surface area contributed by atoms with Gasteiger partial charge in [-0.3, -0.25) is 20.2 Å². The summed E-state index contributed by atoms with van der Waals surface area (Å²) in [6.07, 6.45) is -1.58. The van der Waals surface area contributed by atoms with Crippen LogP contribution in [0.2, 0.25) is 0 Å². The van der Waals surface area contributed by atoms with Crippen LogP contribution in [0.15, 0.2) is 120 Å². The molecule has 1 aliphatic rings. The average molecular weight is 1110 g/mol. The minimum atomic E-state index is -2.76. The lowest BCUT2D eigenvalue weighted by Crippen LogP contribution is -2.86. The van der Waals surface area contributed by atoms with E-state index in [0.717, 1.165) is 22.7 Å². The number of carbonyl (C=O) groups is 8. The van der Waals surface area contributed by atoms with Gasteiger partial charge in [0.2, 0.25) is 0 Å². The van der Waals surface area contributed by atoms with Gasteiger partial charge in [-0.2, -0.15) is 0 Å². The highest BCUT2D eigenvalue weighted by atomic mass is 32.1. The van der Waals surface area contributed by atoms with Crippen LogP contribution in [0, 0.1) is 0 Å². The second-order valence-electron chi connectivity index (χ2n) is 19.5. The predicted octanol–water partition coefficient (Wildman–Crippen LogP) is 10.1. The van der Waals surface area contributed by atoms with Crippen LogP contribution >= 0.6 is 22.7 Å². The van der Waals surface area contributed by atoms with Crippen molar-refractivity contribution < 1.29 is 77.0 Å². The number of hydrogen-bond acceptors (Lipinski definition) is 16. The van der Waals surface area contributed by atoms with Gasteiger partial charge in [0, 0.05) is 22.5 Å². The summed E-state index contributed by atoms with van der Waals surface area (Å²) in [5.74, 6) is -11.6. The highest BCUT2D eigenvalue weighted by Crippen LogP contribution is 2.64. The smallest absolute Gasteiger partial charge is 0.412 e. The fourth-order valence-electron chi connectivity index (χ4n) is 8.87. The van der Waals surface area contributed by atoms with Gasteiger partial charge in [0.15, 0.2) is 34.1 Å². The van der Waals surface area contributed by atoms with E-state index in [9.17, 15) is 48.6 Å². The third-order valence-electron chi connectivity index (χ3n) is 11.8. The minimum absolute atomic E-state index is 0.0247. The number of esters is 2. The van der Waals surface area contributed by atoms with Crippen molar-refractivity contribution in [2.24, 2.45) is 0 Å². The second-order valence-corrected chi connectivity index (χ2v) is 21.4. The zero-order valence-electron chi connectivity index (χ0n) is 43.5. The molecule has 1 saturated carbocycles. The number of carboxylic acid groups (broad SMARTS) is 2. The number of thiophene rings is 2. The molecule has 7 rings (SSSR count). The Labute approximate surface area is 456 Å². The van der Waals surface area contributed by atoms with Crippen molar-refractivity contribution in [2.45, 2.75) is 89.5 Å². The Morgan fingerprint density at radius 3 is 1.17 bits per heavy atom. The van der Waals surface area contributed by atoms with Gasteiger partial charge in [-0.05, 0) is 162 Å². The summed E-state index contributed by atoms with van der Waals surface area (Å²) < 4.78 is 34.1. The number of benzene rings is 4. The highest BCUT2D eigenvalue weighted by molar-refractivity contribution is 7.12. The molecule has 1 fully saturated rings. The van der Waals surface area contributed by atoms with Gasteiger partial charge in [0.1, 0.15) is 21.0 Å². The number of nitrogens with one attached hydrogen (secondary N) is 4. The van der Waals surface area contributed by atoms with Gasteiger partial charge in [-0.15, -0.1) is 22.7 Å². The summed E-state index contributed by atoms with van der Waals surface area (Å²) in [5.41, 5.74) is -7.30. The SMILES string of the molecule is CCOc1cc(C2C(NC(=O)c3ccc(NC(=O)OC(C)(C)C)cc3)(C(=O)O)C(c3ccc(OC(=O)c4cccs4)c(OCC)c3)C2(NC(=O)c2ccc(NC(=O)OC(C)(C)C)cc2)C(=O)O)ccc1OC(=O)c1cccs1. The Kier molecular flexibility index (Phi) is 17.0. The van der Waals surface area contributed by atoms with Crippen LogP contribution in [0.3, 0.4) is 0 Å². The first-order valence-corrected chi connectivity index (χ1v) is 26.0. The van der Waals surface area contributed by atoms with E-state index in [-0.39, 0.29) is 79.6 Å². The summed E-state index contributed by atoms with van der Waals surface area (Å²) in [7, 11) is 0. The van der Waals surface area contributed by atoms with Gasteiger partial charge in [-0.25, -0.2) is 28.8 Å². The topological polar surface area (TPSA) is 281 Å². The van der Waals surface area contributed by atoms with E-state index < -0.39 is 82.0 Å². The molecule has 4 aromatic carbocycles. The lowest BCUT2D eigenvalue weighted by molar-refractivity contribution is -0.171. The second kappa shape index (κ2) is 23.2. The number of hydrogen-bond donors (Lipinski definition) is 6. The maximum Gasteiger partial charge on any atom is 0.412 e. The Morgan fingerprint density at radius 2 is 0.872 bits per heavy atom. The van der Waals surface area contributed by atoms with E-state index in [0.29, 0.717) is 0 Å². The molecule has 0 unspecified atom stereocenters. The lowest BCUT2D eigenvalue weighted by atomic mass is 9.43.